The van der Waals surface area contributed by atoms with Gasteiger partial charge in [-0.25, -0.2) is 4.39 Å². The third kappa shape index (κ3) is 2.14. The van der Waals surface area contributed by atoms with Crippen LogP contribution in [0.4, 0.5) is 4.39 Å². The van der Waals surface area contributed by atoms with Gasteiger partial charge in [0.2, 0.25) is 0 Å². The van der Waals surface area contributed by atoms with Crippen LogP contribution in [0.3, 0.4) is 0 Å². The number of halogens is 2. The molecule has 1 aromatic rings. The molecule has 6 heteroatoms. The van der Waals surface area contributed by atoms with Crippen LogP contribution in [0.25, 0.3) is 5.70 Å². The highest BCUT2D eigenvalue weighted by Gasteiger charge is 2.27. The minimum absolute atomic E-state index is 0. The van der Waals surface area contributed by atoms with Gasteiger partial charge in [-0.05, 0) is 18.2 Å². The lowest BCUT2D eigenvalue weighted by atomic mass is 10.1. The zero-order valence-electron chi connectivity index (χ0n) is 9.69. The molecule has 3 nitrogen and oxygen atoms in total. The van der Waals surface area contributed by atoms with Gasteiger partial charge in [0.1, 0.15) is 0 Å². The van der Waals surface area contributed by atoms with E-state index in [0.29, 0.717) is 0 Å². The fourth-order valence-electron chi connectivity index (χ4n) is 1.97. The Hall–Kier alpha value is -1.01. The van der Waals surface area contributed by atoms with Crippen molar-refractivity contribution in [1.29, 1.82) is 0 Å². The molecule has 0 N–H and O–H groups in total. The number of aliphatic imine (C=N–C) groups is 1. The van der Waals surface area contributed by atoms with Crippen LogP contribution in [0.15, 0.2) is 28.6 Å². The lowest BCUT2D eigenvalue weighted by Crippen LogP contribution is -3.00. The van der Waals surface area contributed by atoms with Crippen molar-refractivity contribution in [2.24, 2.45) is 4.99 Å². The Labute approximate surface area is 119 Å². The van der Waals surface area contributed by atoms with Gasteiger partial charge in [-0.1, -0.05) is 11.8 Å². The van der Waals surface area contributed by atoms with Crippen molar-refractivity contribution in [3.8, 4) is 5.75 Å². The average Bonchev–Trinajstić information content (AvgIpc) is 2.90. The van der Waals surface area contributed by atoms with E-state index >= 15 is 0 Å². The van der Waals surface area contributed by atoms with Crippen LogP contribution in [0, 0.1) is 5.82 Å². The first-order valence-electron chi connectivity index (χ1n) is 5.32. The summed E-state index contributed by atoms with van der Waals surface area (Å²) in [5.74, 6) is -0.0594. The van der Waals surface area contributed by atoms with Crippen molar-refractivity contribution in [2.45, 2.75) is 0 Å². The summed E-state index contributed by atoms with van der Waals surface area (Å²) >= 11 is 1.59. The van der Waals surface area contributed by atoms with Crippen molar-refractivity contribution in [1.82, 2.24) is 4.90 Å². The maximum Gasteiger partial charge on any atom is 0.168 e. The molecule has 0 aliphatic carbocycles. The van der Waals surface area contributed by atoms with Gasteiger partial charge in [0.15, 0.2) is 16.7 Å². The highest BCUT2D eigenvalue weighted by atomic mass is 79.9. The van der Waals surface area contributed by atoms with E-state index in [0.717, 1.165) is 29.5 Å². The summed E-state index contributed by atoms with van der Waals surface area (Å²) in [6.45, 7) is 1.69. The third-order valence-corrected chi connectivity index (χ3v) is 3.72. The van der Waals surface area contributed by atoms with E-state index in [1.165, 1.54) is 13.2 Å². The second kappa shape index (κ2) is 5.32. The topological polar surface area (TPSA) is 24.8 Å². The predicted octanol–water partition coefficient (Wildman–Crippen LogP) is -0.445. The fourth-order valence-corrected chi connectivity index (χ4v) is 2.94. The fraction of sp³-hybridized carbons (Fsp3) is 0.250. The van der Waals surface area contributed by atoms with Crippen LogP contribution >= 0.6 is 11.8 Å². The van der Waals surface area contributed by atoms with Crippen LogP contribution in [0.2, 0.25) is 0 Å². The Kier molecular flexibility index (Phi) is 3.97. The van der Waals surface area contributed by atoms with Crippen molar-refractivity contribution in [3.63, 3.8) is 0 Å². The molecule has 2 heterocycles. The number of amidine groups is 1. The first-order valence-corrected chi connectivity index (χ1v) is 6.20. The highest BCUT2D eigenvalue weighted by Crippen LogP contribution is 2.36. The standard InChI is InChI=1S/C12H11FN2OS.BrH/c1-16-11-3-2-8(6-9(11)13)10-7-17-12-14-4-5-15(10)12;/h2-3,6-7H,4-5H2,1H3;1H/p-1. The van der Waals surface area contributed by atoms with Crippen molar-refractivity contribution in [3.05, 3.63) is 35.0 Å². The van der Waals surface area contributed by atoms with Crippen LogP contribution < -0.4 is 21.7 Å². The Morgan fingerprint density at radius 1 is 1.44 bits per heavy atom. The predicted molar refractivity (Wildman–Crippen MR) is 67.5 cm³/mol. The molecule has 0 amide bonds. The zero-order valence-corrected chi connectivity index (χ0v) is 12.1. The first kappa shape index (κ1) is 13.4. The van der Waals surface area contributed by atoms with Crippen LogP contribution in [-0.2, 0) is 0 Å². The molecule has 0 bridgehead atoms. The van der Waals surface area contributed by atoms with Crippen molar-refractivity contribution < 1.29 is 26.1 Å². The molecule has 2 aliphatic rings. The van der Waals surface area contributed by atoms with E-state index in [9.17, 15) is 4.39 Å². The molecule has 0 unspecified atom stereocenters. The monoisotopic (exact) mass is 329 g/mol. The molecule has 2 aliphatic heterocycles. The lowest BCUT2D eigenvalue weighted by molar-refractivity contribution is -0.00000414. The van der Waals surface area contributed by atoms with Gasteiger partial charge in [-0.3, -0.25) is 4.99 Å². The number of nitrogens with zero attached hydrogens (tertiary/aromatic N) is 2. The summed E-state index contributed by atoms with van der Waals surface area (Å²) in [5, 5.41) is 3.02. The number of hydrogen-bond acceptors (Lipinski definition) is 4. The molecule has 0 radical (unpaired) electrons. The highest BCUT2D eigenvalue weighted by molar-refractivity contribution is 8.16. The van der Waals surface area contributed by atoms with E-state index in [1.54, 1.807) is 17.8 Å². The number of methoxy groups -OCH3 is 1. The number of hydrogen-bond donors (Lipinski definition) is 0. The second-order valence-corrected chi connectivity index (χ2v) is 4.62. The van der Waals surface area contributed by atoms with Gasteiger partial charge >= 0.3 is 0 Å². The second-order valence-electron chi connectivity index (χ2n) is 3.79. The maximum atomic E-state index is 13.6. The quantitative estimate of drug-likeness (QED) is 0.735. The number of ether oxygens (including phenoxy) is 1. The number of fused-ring (bicyclic) bond motifs is 1. The summed E-state index contributed by atoms with van der Waals surface area (Å²) < 4.78 is 18.6. The minimum atomic E-state index is -0.333. The number of thioether (sulfide) groups is 1. The van der Waals surface area contributed by atoms with Gasteiger partial charge in [0.05, 0.1) is 19.4 Å². The normalized spacial score (nSPS) is 16.9. The Morgan fingerprint density at radius 2 is 2.28 bits per heavy atom. The molecule has 0 saturated heterocycles. The molecule has 0 saturated carbocycles. The van der Waals surface area contributed by atoms with Gasteiger partial charge in [0.25, 0.3) is 0 Å². The lowest BCUT2D eigenvalue weighted by Gasteiger charge is -2.16. The molecule has 3 rings (SSSR count). The Bertz CT molecular complexity index is 533. The van der Waals surface area contributed by atoms with E-state index in [2.05, 4.69) is 9.89 Å². The number of rotatable bonds is 2. The summed E-state index contributed by atoms with van der Waals surface area (Å²) in [6.07, 6.45) is 0. The van der Waals surface area contributed by atoms with Gasteiger partial charge in [0, 0.05) is 17.5 Å². The molecule has 0 aromatic heterocycles. The summed E-state index contributed by atoms with van der Waals surface area (Å²) in [4.78, 5) is 6.48. The molecular weight excluding hydrogens is 319 g/mol. The SMILES string of the molecule is COc1ccc(C2=CSC3=NCCN23)cc1F.[Br-]. The molecule has 1 aromatic carbocycles. The molecule has 18 heavy (non-hydrogen) atoms. The largest absolute Gasteiger partial charge is 1.00 e. The smallest absolute Gasteiger partial charge is 0.168 e. The first-order chi connectivity index (χ1) is 8.29. The Morgan fingerprint density at radius 3 is 3.00 bits per heavy atom. The summed E-state index contributed by atoms with van der Waals surface area (Å²) in [7, 11) is 1.47. The third-order valence-electron chi connectivity index (χ3n) is 2.82. The van der Waals surface area contributed by atoms with Gasteiger partial charge in [-0.15, -0.1) is 0 Å². The van der Waals surface area contributed by atoms with Crippen LogP contribution in [0.5, 0.6) is 5.75 Å². The maximum absolute atomic E-state index is 13.6. The minimum Gasteiger partial charge on any atom is -1.00 e. The van der Waals surface area contributed by atoms with E-state index in [1.807, 2.05) is 11.5 Å². The molecule has 0 spiro atoms. The van der Waals surface area contributed by atoms with E-state index < -0.39 is 0 Å². The van der Waals surface area contributed by atoms with Crippen molar-refractivity contribution >= 4 is 22.6 Å². The zero-order chi connectivity index (χ0) is 11.8. The molecule has 0 atom stereocenters. The van der Waals surface area contributed by atoms with E-state index in [-0.39, 0.29) is 28.5 Å². The van der Waals surface area contributed by atoms with Crippen LogP contribution in [0.1, 0.15) is 5.56 Å². The molecular formula is C12H11BrFN2OS-. The summed E-state index contributed by atoms with van der Waals surface area (Å²) in [5.41, 5.74) is 1.88. The summed E-state index contributed by atoms with van der Waals surface area (Å²) in [6, 6.07) is 5.03. The average molecular weight is 330 g/mol. The van der Waals surface area contributed by atoms with Crippen molar-refractivity contribution in [2.75, 3.05) is 20.2 Å². The molecule has 96 valence electrons. The van der Waals surface area contributed by atoms with E-state index in [4.69, 9.17) is 4.74 Å². The van der Waals surface area contributed by atoms with Gasteiger partial charge < -0.3 is 26.6 Å². The van der Waals surface area contributed by atoms with Gasteiger partial charge in [-0.2, -0.15) is 0 Å². The number of benzene rings is 1. The van der Waals surface area contributed by atoms with Crippen LogP contribution in [-0.4, -0.2) is 30.3 Å². The Balaban J connectivity index is 0.00000120. The molecule has 0 fully saturated rings.